The van der Waals surface area contributed by atoms with Crippen molar-refractivity contribution in [2.24, 2.45) is 0 Å². The molecule has 0 aromatic heterocycles. The number of rotatable bonds is 3. The van der Waals surface area contributed by atoms with Gasteiger partial charge in [-0.3, -0.25) is 4.79 Å². The Morgan fingerprint density at radius 2 is 1.64 bits per heavy atom. The van der Waals surface area contributed by atoms with E-state index in [0.29, 0.717) is 6.42 Å². The van der Waals surface area contributed by atoms with Crippen LogP contribution < -0.4 is 0 Å². The van der Waals surface area contributed by atoms with E-state index in [1.807, 2.05) is 35.2 Å². The predicted molar refractivity (Wildman–Crippen MR) is 98.0 cm³/mol. The molecule has 25 heavy (non-hydrogen) atoms. The summed E-state index contributed by atoms with van der Waals surface area (Å²) in [6, 6.07) is 18.3. The largest absolute Gasteiger partial charge is 0.394 e. The summed E-state index contributed by atoms with van der Waals surface area (Å²) in [6.07, 6.45) is 5.64. The van der Waals surface area contributed by atoms with E-state index in [1.54, 1.807) is 0 Å². The van der Waals surface area contributed by atoms with E-state index in [-0.39, 0.29) is 24.1 Å². The van der Waals surface area contributed by atoms with Gasteiger partial charge in [0.2, 0.25) is 5.91 Å². The second-order valence-corrected chi connectivity index (χ2v) is 7.27. The van der Waals surface area contributed by atoms with Crippen LogP contribution in [0, 0.1) is 0 Å². The Hall–Kier alpha value is -2.13. The molecule has 2 aliphatic rings. The summed E-state index contributed by atoms with van der Waals surface area (Å²) < 4.78 is 0. The Bertz CT molecular complexity index is 758. The van der Waals surface area contributed by atoms with Crippen LogP contribution in [0.3, 0.4) is 0 Å². The first kappa shape index (κ1) is 16.3. The molecule has 1 aliphatic heterocycles. The monoisotopic (exact) mass is 335 g/mol. The van der Waals surface area contributed by atoms with Gasteiger partial charge < -0.3 is 10.0 Å². The number of benzene rings is 2. The molecule has 1 amide bonds. The van der Waals surface area contributed by atoms with Gasteiger partial charge in [-0.15, -0.1) is 0 Å². The van der Waals surface area contributed by atoms with Gasteiger partial charge in [0.25, 0.3) is 0 Å². The van der Waals surface area contributed by atoms with Crippen molar-refractivity contribution >= 4 is 5.91 Å². The van der Waals surface area contributed by atoms with Gasteiger partial charge in [-0.1, -0.05) is 54.6 Å². The highest BCUT2D eigenvalue weighted by Crippen LogP contribution is 2.49. The highest BCUT2D eigenvalue weighted by Gasteiger charge is 2.48. The number of carbonyl (C=O) groups is 1. The Labute approximate surface area is 149 Å². The molecule has 130 valence electrons. The standard InChI is InChI=1S/C22H25NO2/c24-16-20(18-9-2-1-3-10-18)23-21(25)13-7-15-22(23)14-6-11-17-8-4-5-12-19(17)22/h1-5,8-10,12,20,24H,6-7,11,13-16H2/t20-,22-/m0/s1. The number of aliphatic hydroxyl groups is 1. The van der Waals surface area contributed by atoms with Gasteiger partial charge in [0.05, 0.1) is 18.2 Å². The van der Waals surface area contributed by atoms with Crippen LogP contribution in [0.2, 0.25) is 0 Å². The van der Waals surface area contributed by atoms with Gasteiger partial charge >= 0.3 is 0 Å². The molecular weight excluding hydrogens is 310 g/mol. The van der Waals surface area contributed by atoms with Crippen molar-refractivity contribution < 1.29 is 9.90 Å². The molecular formula is C22H25NO2. The fraction of sp³-hybridized carbons (Fsp3) is 0.409. The van der Waals surface area contributed by atoms with E-state index in [2.05, 4.69) is 24.3 Å². The van der Waals surface area contributed by atoms with E-state index >= 15 is 0 Å². The fourth-order valence-corrected chi connectivity index (χ4v) is 4.90. The van der Waals surface area contributed by atoms with Crippen molar-refractivity contribution in [1.29, 1.82) is 0 Å². The maximum Gasteiger partial charge on any atom is 0.223 e. The minimum absolute atomic E-state index is 0.0420. The summed E-state index contributed by atoms with van der Waals surface area (Å²) in [5.74, 6) is 0.172. The van der Waals surface area contributed by atoms with E-state index in [0.717, 1.165) is 37.7 Å². The zero-order valence-corrected chi connectivity index (χ0v) is 14.5. The second-order valence-electron chi connectivity index (χ2n) is 7.27. The number of nitrogens with zero attached hydrogens (tertiary/aromatic N) is 1. The normalized spacial score (nSPS) is 24.2. The molecule has 2 atom stereocenters. The van der Waals surface area contributed by atoms with Gasteiger partial charge in [-0.2, -0.15) is 0 Å². The molecule has 1 heterocycles. The number of hydrogen-bond donors (Lipinski definition) is 1. The van der Waals surface area contributed by atoms with Crippen LogP contribution in [0.4, 0.5) is 0 Å². The second kappa shape index (κ2) is 6.64. The van der Waals surface area contributed by atoms with Gasteiger partial charge in [0, 0.05) is 6.42 Å². The summed E-state index contributed by atoms with van der Waals surface area (Å²) in [7, 11) is 0. The van der Waals surface area contributed by atoms with Crippen molar-refractivity contribution in [3.05, 3.63) is 71.3 Å². The molecule has 3 heteroatoms. The van der Waals surface area contributed by atoms with Crippen LogP contribution in [0.1, 0.15) is 54.8 Å². The minimum atomic E-state index is -0.278. The molecule has 0 saturated carbocycles. The maximum absolute atomic E-state index is 13.1. The zero-order valence-electron chi connectivity index (χ0n) is 14.5. The molecule has 0 unspecified atom stereocenters. The van der Waals surface area contributed by atoms with Crippen LogP contribution in [0.25, 0.3) is 0 Å². The van der Waals surface area contributed by atoms with Crippen LogP contribution in [-0.4, -0.2) is 22.5 Å². The Morgan fingerprint density at radius 1 is 0.960 bits per heavy atom. The first-order valence-electron chi connectivity index (χ1n) is 9.32. The lowest BCUT2D eigenvalue weighted by Gasteiger charge is -2.53. The van der Waals surface area contributed by atoms with Crippen molar-refractivity contribution in [3.8, 4) is 0 Å². The lowest BCUT2D eigenvalue weighted by atomic mass is 9.70. The summed E-state index contributed by atoms with van der Waals surface area (Å²) in [5.41, 5.74) is 3.40. The number of hydrogen-bond acceptors (Lipinski definition) is 2. The molecule has 1 N–H and O–H groups in total. The van der Waals surface area contributed by atoms with Crippen LogP contribution in [0.15, 0.2) is 54.6 Å². The molecule has 1 fully saturated rings. The average molecular weight is 335 g/mol. The number of fused-ring (bicyclic) bond motifs is 2. The third kappa shape index (κ3) is 2.67. The number of aryl methyl sites for hydroxylation is 1. The number of amides is 1. The third-order valence-electron chi connectivity index (χ3n) is 5.93. The topological polar surface area (TPSA) is 40.5 Å². The van der Waals surface area contributed by atoms with Crippen molar-refractivity contribution in [2.45, 2.75) is 50.1 Å². The first-order valence-corrected chi connectivity index (χ1v) is 9.32. The quantitative estimate of drug-likeness (QED) is 0.922. The smallest absolute Gasteiger partial charge is 0.223 e. The van der Waals surface area contributed by atoms with Gasteiger partial charge in [-0.05, 0) is 48.8 Å². The Morgan fingerprint density at radius 3 is 2.40 bits per heavy atom. The SMILES string of the molecule is O=C1CCC[C@]2(CCCc3ccccc32)N1[C@@H](CO)c1ccccc1. The van der Waals surface area contributed by atoms with E-state index < -0.39 is 0 Å². The molecule has 3 nitrogen and oxygen atoms in total. The molecule has 0 bridgehead atoms. The van der Waals surface area contributed by atoms with Gasteiger partial charge in [0.1, 0.15) is 0 Å². The molecule has 2 aromatic rings. The number of aliphatic hydroxyl groups excluding tert-OH is 1. The molecule has 4 rings (SSSR count). The third-order valence-corrected chi connectivity index (χ3v) is 5.93. The molecule has 0 radical (unpaired) electrons. The summed E-state index contributed by atoms with van der Waals surface area (Å²) in [6.45, 7) is -0.0420. The van der Waals surface area contributed by atoms with Gasteiger partial charge in [-0.25, -0.2) is 0 Å². The van der Waals surface area contributed by atoms with E-state index in [9.17, 15) is 9.90 Å². The van der Waals surface area contributed by atoms with Crippen LogP contribution >= 0.6 is 0 Å². The van der Waals surface area contributed by atoms with E-state index in [1.165, 1.54) is 11.1 Å². The zero-order chi connectivity index (χ0) is 17.3. The van der Waals surface area contributed by atoms with Crippen molar-refractivity contribution in [1.82, 2.24) is 4.90 Å². The van der Waals surface area contributed by atoms with E-state index in [4.69, 9.17) is 0 Å². The summed E-state index contributed by atoms with van der Waals surface area (Å²) >= 11 is 0. The predicted octanol–water partition coefficient (Wildman–Crippen LogP) is 3.96. The lowest BCUT2D eigenvalue weighted by Crippen LogP contribution is -2.55. The van der Waals surface area contributed by atoms with Gasteiger partial charge in [0.15, 0.2) is 0 Å². The summed E-state index contributed by atoms with van der Waals surface area (Å²) in [4.78, 5) is 15.1. The number of likely N-dealkylation sites (tertiary alicyclic amines) is 1. The Kier molecular flexibility index (Phi) is 4.34. The van der Waals surface area contributed by atoms with Crippen molar-refractivity contribution in [3.63, 3.8) is 0 Å². The molecule has 1 aliphatic carbocycles. The number of piperidine rings is 1. The molecule has 1 spiro atoms. The Balaban J connectivity index is 1.85. The molecule has 1 saturated heterocycles. The van der Waals surface area contributed by atoms with Crippen molar-refractivity contribution in [2.75, 3.05) is 6.61 Å². The highest BCUT2D eigenvalue weighted by atomic mass is 16.3. The first-order chi connectivity index (χ1) is 12.3. The van der Waals surface area contributed by atoms with Crippen LogP contribution in [0.5, 0.6) is 0 Å². The number of carbonyl (C=O) groups excluding carboxylic acids is 1. The molecule has 2 aromatic carbocycles. The lowest BCUT2D eigenvalue weighted by molar-refractivity contribution is -0.150. The average Bonchev–Trinajstić information content (AvgIpc) is 2.66. The fourth-order valence-electron chi connectivity index (χ4n) is 4.90. The summed E-state index contributed by atoms with van der Waals surface area (Å²) in [5, 5.41) is 10.2. The highest BCUT2D eigenvalue weighted by molar-refractivity contribution is 5.79. The maximum atomic E-state index is 13.1. The van der Waals surface area contributed by atoms with Crippen LogP contribution in [-0.2, 0) is 16.8 Å². The minimum Gasteiger partial charge on any atom is -0.394 e.